The number of carbonyl (C=O) groups is 1. The fraction of sp³-hybridized carbons (Fsp3) is 0.522. The number of hydrogen-bond donors (Lipinski definition) is 0. The third kappa shape index (κ3) is 2.43. The number of amides is 1. The Balaban J connectivity index is 2.06. The molecule has 0 atom stereocenters. The predicted molar refractivity (Wildman–Crippen MR) is 105 cm³/mol. The first kappa shape index (κ1) is 17.8. The van der Waals surface area contributed by atoms with Gasteiger partial charge in [-0.2, -0.15) is 10.5 Å². The van der Waals surface area contributed by atoms with Crippen LogP contribution in [0.4, 0.5) is 5.69 Å². The molecule has 3 aliphatic rings. The molecule has 138 valence electrons. The van der Waals surface area contributed by atoms with Crippen molar-refractivity contribution in [3.63, 3.8) is 0 Å². The lowest BCUT2D eigenvalue weighted by atomic mass is 9.66. The van der Waals surface area contributed by atoms with E-state index in [-0.39, 0.29) is 22.4 Å². The molecule has 0 bridgehead atoms. The van der Waals surface area contributed by atoms with E-state index in [0.29, 0.717) is 5.57 Å². The second kappa shape index (κ2) is 5.96. The largest absolute Gasteiger partial charge is 0.301 e. The monoisotopic (exact) mass is 359 g/mol. The van der Waals surface area contributed by atoms with Crippen LogP contribution in [0.1, 0.15) is 75.5 Å². The van der Waals surface area contributed by atoms with E-state index in [9.17, 15) is 15.3 Å². The van der Waals surface area contributed by atoms with Gasteiger partial charge in [0.05, 0.1) is 11.3 Å². The summed E-state index contributed by atoms with van der Waals surface area (Å²) >= 11 is 0. The molecule has 1 aromatic rings. The number of allylic oxidation sites excluding steroid dienone is 1. The number of benzene rings is 1. The maximum absolute atomic E-state index is 13.6. The fourth-order valence-electron chi connectivity index (χ4n) is 5.67. The van der Waals surface area contributed by atoms with Crippen LogP contribution in [0.3, 0.4) is 0 Å². The van der Waals surface area contributed by atoms with Crippen LogP contribution in [0.15, 0.2) is 17.7 Å². The van der Waals surface area contributed by atoms with Crippen LogP contribution in [0.25, 0.3) is 5.57 Å². The first-order valence-corrected chi connectivity index (χ1v) is 9.89. The van der Waals surface area contributed by atoms with Crippen LogP contribution in [0.5, 0.6) is 0 Å². The van der Waals surface area contributed by atoms with Gasteiger partial charge in [-0.05, 0) is 43.2 Å². The van der Waals surface area contributed by atoms with Crippen LogP contribution >= 0.6 is 0 Å². The Morgan fingerprint density at radius 3 is 2.30 bits per heavy atom. The van der Waals surface area contributed by atoms with Gasteiger partial charge in [0.1, 0.15) is 17.7 Å². The normalized spacial score (nSPS) is 22.0. The minimum atomic E-state index is -0.203. The van der Waals surface area contributed by atoms with Crippen LogP contribution < -0.4 is 4.90 Å². The van der Waals surface area contributed by atoms with Crippen molar-refractivity contribution >= 4 is 17.2 Å². The molecule has 2 heterocycles. The highest BCUT2D eigenvalue weighted by Crippen LogP contribution is 2.57. The van der Waals surface area contributed by atoms with Crippen molar-refractivity contribution in [2.75, 3.05) is 4.90 Å². The first-order chi connectivity index (χ1) is 12.8. The van der Waals surface area contributed by atoms with Crippen molar-refractivity contribution in [3.05, 3.63) is 34.4 Å². The average Bonchev–Trinajstić information content (AvgIpc) is 2.77. The summed E-state index contributed by atoms with van der Waals surface area (Å²) in [6.07, 6.45) is 7.60. The maximum atomic E-state index is 13.6. The molecule has 1 amide bonds. The Bertz CT molecular complexity index is 931. The van der Waals surface area contributed by atoms with Gasteiger partial charge in [0.2, 0.25) is 0 Å². The zero-order chi connectivity index (χ0) is 19.4. The van der Waals surface area contributed by atoms with E-state index in [4.69, 9.17) is 0 Å². The smallest absolute Gasteiger partial charge is 0.261 e. The number of fused-ring (bicyclic) bond motifs is 1. The maximum Gasteiger partial charge on any atom is 0.261 e. The Hall–Kier alpha value is -2.59. The zero-order valence-electron chi connectivity index (χ0n) is 16.4. The molecular weight excluding hydrogens is 334 g/mol. The molecule has 0 aromatic heterocycles. The molecule has 1 fully saturated rings. The van der Waals surface area contributed by atoms with E-state index < -0.39 is 0 Å². The summed E-state index contributed by atoms with van der Waals surface area (Å²) in [5.74, 6) is -0.146. The molecule has 0 saturated heterocycles. The quantitative estimate of drug-likeness (QED) is 0.488. The summed E-state index contributed by atoms with van der Waals surface area (Å²) in [6, 6.07) is 8.09. The minimum Gasteiger partial charge on any atom is -0.301 e. The number of rotatable bonds is 0. The predicted octanol–water partition coefficient (Wildman–Crippen LogP) is 4.92. The Kier molecular flexibility index (Phi) is 3.93. The van der Waals surface area contributed by atoms with Crippen LogP contribution in [-0.4, -0.2) is 11.4 Å². The molecule has 2 aliphatic heterocycles. The lowest BCUT2D eigenvalue weighted by Crippen LogP contribution is -2.56. The zero-order valence-corrected chi connectivity index (χ0v) is 16.4. The van der Waals surface area contributed by atoms with Gasteiger partial charge in [-0.1, -0.05) is 51.2 Å². The van der Waals surface area contributed by atoms with Gasteiger partial charge in [-0.25, -0.2) is 0 Å². The highest BCUT2D eigenvalue weighted by molar-refractivity contribution is 6.35. The number of carbonyl (C=O) groups excluding carboxylic acids is 1. The minimum absolute atomic E-state index is 0.0495. The SMILES string of the molecule is Cc1cc2c3c(c1)C(C)(C)CC1(CCCCCC1)N3C(=O)C2=C(C#N)C#N. The van der Waals surface area contributed by atoms with E-state index in [2.05, 4.69) is 19.9 Å². The van der Waals surface area contributed by atoms with Crippen molar-refractivity contribution in [3.8, 4) is 12.1 Å². The van der Waals surface area contributed by atoms with E-state index in [1.165, 1.54) is 18.4 Å². The van der Waals surface area contributed by atoms with Crippen molar-refractivity contribution in [1.29, 1.82) is 10.5 Å². The van der Waals surface area contributed by atoms with Crippen LogP contribution in [-0.2, 0) is 10.2 Å². The van der Waals surface area contributed by atoms with Crippen molar-refractivity contribution in [2.24, 2.45) is 0 Å². The molecule has 1 saturated carbocycles. The van der Waals surface area contributed by atoms with Crippen LogP contribution in [0.2, 0.25) is 0 Å². The molecule has 4 heteroatoms. The molecule has 1 spiro atoms. The summed E-state index contributed by atoms with van der Waals surface area (Å²) in [4.78, 5) is 15.6. The summed E-state index contributed by atoms with van der Waals surface area (Å²) in [5, 5.41) is 19.0. The summed E-state index contributed by atoms with van der Waals surface area (Å²) in [6.45, 7) is 6.56. The van der Waals surface area contributed by atoms with Gasteiger partial charge in [0.25, 0.3) is 5.91 Å². The molecule has 4 rings (SSSR count). The molecule has 1 aromatic carbocycles. The van der Waals surface area contributed by atoms with E-state index in [1.807, 2.05) is 30.0 Å². The number of anilines is 1. The van der Waals surface area contributed by atoms with Gasteiger partial charge >= 0.3 is 0 Å². The second-order valence-corrected chi connectivity index (χ2v) is 9.02. The van der Waals surface area contributed by atoms with E-state index >= 15 is 0 Å². The van der Waals surface area contributed by atoms with Gasteiger partial charge in [-0.3, -0.25) is 4.79 Å². The van der Waals surface area contributed by atoms with Gasteiger partial charge in [0.15, 0.2) is 0 Å². The number of hydrogen-bond acceptors (Lipinski definition) is 3. The first-order valence-electron chi connectivity index (χ1n) is 9.89. The highest BCUT2D eigenvalue weighted by Gasteiger charge is 2.55. The van der Waals surface area contributed by atoms with Crippen molar-refractivity contribution in [2.45, 2.75) is 76.7 Å². The van der Waals surface area contributed by atoms with Gasteiger partial charge in [0, 0.05) is 11.1 Å². The average molecular weight is 359 g/mol. The third-order valence-electron chi connectivity index (χ3n) is 6.65. The number of nitriles is 2. The van der Waals surface area contributed by atoms with E-state index in [1.54, 1.807) is 0 Å². The topological polar surface area (TPSA) is 67.9 Å². The molecular formula is C23H25N3O. The fourth-order valence-corrected chi connectivity index (χ4v) is 5.67. The lowest BCUT2D eigenvalue weighted by Gasteiger charge is -2.52. The summed E-state index contributed by atoms with van der Waals surface area (Å²) in [7, 11) is 0. The molecule has 27 heavy (non-hydrogen) atoms. The van der Waals surface area contributed by atoms with E-state index in [0.717, 1.165) is 48.9 Å². The Morgan fingerprint density at radius 2 is 1.70 bits per heavy atom. The number of aryl methyl sites for hydroxylation is 1. The summed E-state index contributed by atoms with van der Waals surface area (Å²) in [5.41, 5.74) is 3.97. The third-order valence-corrected chi connectivity index (χ3v) is 6.65. The summed E-state index contributed by atoms with van der Waals surface area (Å²) < 4.78 is 0. The van der Waals surface area contributed by atoms with Gasteiger partial charge in [-0.15, -0.1) is 0 Å². The lowest BCUT2D eigenvalue weighted by molar-refractivity contribution is -0.114. The molecule has 0 N–H and O–H groups in total. The van der Waals surface area contributed by atoms with Crippen LogP contribution in [0, 0.1) is 29.6 Å². The van der Waals surface area contributed by atoms with Crippen molar-refractivity contribution in [1.82, 2.24) is 0 Å². The standard InChI is InChI=1S/C23H25N3O/c1-15-10-17-19(16(12-24)13-25)21(27)26-20(17)18(11-15)22(2,3)14-23(26)8-6-4-5-7-9-23/h10-11H,4-9,14H2,1-3H3. The molecule has 4 nitrogen and oxygen atoms in total. The number of nitrogens with zero attached hydrogens (tertiary/aromatic N) is 3. The molecule has 1 aliphatic carbocycles. The highest BCUT2D eigenvalue weighted by atomic mass is 16.2. The van der Waals surface area contributed by atoms with Crippen molar-refractivity contribution < 1.29 is 4.79 Å². The molecule has 0 unspecified atom stereocenters. The van der Waals surface area contributed by atoms with Gasteiger partial charge < -0.3 is 4.90 Å². The Labute approximate surface area is 161 Å². The Morgan fingerprint density at radius 1 is 1.07 bits per heavy atom. The molecule has 0 radical (unpaired) electrons. The second-order valence-electron chi connectivity index (χ2n) is 9.02.